The summed E-state index contributed by atoms with van der Waals surface area (Å²) >= 11 is 6.24. The van der Waals surface area contributed by atoms with Crippen molar-refractivity contribution in [2.75, 3.05) is 13.2 Å². The number of amides is 2. The molecule has 27 heavy (non-hydrogen) atoms. The van der Waals surface area contributed by atoms with Crippen molar-refractivity contribution in [2.24, 2.45) is 0 Å². The Hall–Kier alpha value is -2.59. The minimum atomic E-state index is -1.18. The van der Waals surface area contributed by atoms with Crippen molar-refractivity contribution in [3.05, 3.63) is 28.7 Å². The van der Waals surface area contributed by atoms with Gasteiger partial charge in [-0.25, -0.2) is 0 Å². The number of carbonyl (C=O) groups excluding carboxylic acids is 2. The molecule has 1 unspecified atom stereocenters. The first-order valence-corrected chi connectivity index (χ1v) is 9.19. The van der Waals surface area contributed by atoms with Gasteiger partial charge in [0.2, 0.25) is 5.91 Å². The van der Waals surface area contributed by atoms with E-state index in [1.165, 1.54) is 13.0 Å². The van der Waals surface area contributed by atoms with Crippen LogP contribution in [0.4, 0.5) is 0 Å². The summed E-state index contributed by atoms with van der Waals surface area (Å²) in [7, 11) is 0. The van der Waals surface area contributed by atoms with Crippen LogP contribution in [0.3, 0.4) is 0 Å². The summed E-state index contributed by atoms with van der Waals surface area (Å²) in [4.78, 5) is 36.7. The molecule has 1 aliphatic heterocycles. The SMILES string of the molecule is CCOc1cc(/C=C2\SC(=S)N(C(C)C(=O)NCC(=O)O)C2=O)ccc1O. The molecule has 0 spiro atoms. The van der Waals surface area contributed by atoms with E-state index in [2.05, 4.69) is 5.32 Å². The zero-order chi connectivity index (χ0) is 20.1. The van der Waals surface area contributed by atoms with Crippen LogP contribution in [0, 0.1) is 0 Å². The second-order valence-electron chi connectivity index (χ2n) is 5.50. The van der Waals surface area contributed by atoms with E-state index in [-0.39, 0.29) is 10.1 Å². The van der Waals surface area contributed by atoms with Gasteiger partial charge in [-0.1, -0.05) is 30.0 Å². The molecule has 2 rings (SSSR count). The van der Waals surface area contributed by atoms with Crippen molar-refractivity contribution >= 4 is 52.2 Å². The number of phenols is 1. The fraction of sp³-hybridized carbons (Fsp3) is 0.294. The van der Waals surface area contributed by atoms with Gasteiger partial charge in [-0.2, -0.15) is 0 Å². The fourth-order valence-electron chi connectivity index (χ4n) is 2.28. The lowest BCUT2D eigenvalue weighted by Gasteiger charge is -2.21. The standard InChI is InChI=1S/C17H18N2O6S2/c1-3-25-12-6-10(4-5-11(12)20)7-13-16(24)19(17(26)27-13)9(2)15(23)18-8-14(21)22/h4-7,9,20H,3,8H2,1-2H3,(H,18,23)(H,21,22)/b13-7-. The predicted molar refractivity (Wildman–Crippen MR) is 104 cm³/mol. The lowest BCUT2D eigenvalue weighted by Crippen LogP contribution is -2.48. The topological polar surface area (TPSA) is 116 Å². The van der Waals surface area contributed by atoms with Crippen molar-refractivity contribution in [1.29, 1.82) is 0 Å². The first kappa shape index (κ1) is 20.7. The smallest absolute Gasteiger partial charge is 0.322 e. The van der Waals surface area contributed by atoms with Crippen molar-refractivity contribution in [3.63, 3.8) is 0 Å². The number of aromatic hydroxyl groups is 1. The summed E-state index contributed by atoms with van der Waals surface area (Å²) in [6.45, 7) is 3.09. The average molecular weight is 410 g/mol. The number of nitrogens with zero attached hydrogens (tertiary/aromatic N) is 1. The van der Waals surface area contributed by atoms with Gasteiger partial charge in [-0.05, 0) is 37.6 Å². The minimum absolute atomic E-state index is 0.00901. The fourth-order valence-corrected chi connectivity index (χ4v) is 3.70. The lowest BCUT2D eigenvalue weighted by atomic mass is 10.1. The number of hydrogen-bond donors (Lipinski definition) is 3. The third-order valence-corrected chi connectivity index (χ3v) is 4.92. The van der Waals surface area contributed by atoms with Crippen LogP contribution in [0.2, 0.25) is 0 Å². The summed E-state index contributed by atoms with van der Waals surface area (Å²) in [5.41, 5.74) is 0.625. The molecule has 1 aromatic rings. The molecule has 144 valence electrons. The largest absolute Gasteiger partial charge is 0.504 e. The van der Waals surface area contributed by atoms with E-state index in [0.29, 0.717) is 22.8 Å². The highest BCUT2D eigenvalue weighted by Gasteiger charge is 2.38. The number of hydrogen-bond acceptors (Lipinski definition) is 7. The van der Waals surface area contributed by atoms with Crippen LogP contribution >= 0.6 is 24.0 Å². The van der Waals surface area contributed by atoms with Crippen LogP contribution in [0.25, 0.3) is 6.08 Å². The van der Waals surface area contributed by atoms with Gasteiger partial charge in [0, 0.05) is 0 Å². The number of carboxylic acids is 1. The van der Waals surface area contributed by atoms with Gasteiger partial charge < -0.3 is 20.3 Å². The third kappa shape index (κ3) is 4.98. The lowest BCUT2D eigenvalue weighted by molar-refractivity contribution is -0.139. The number of aliphatic carboxylic acids is 1. The Labute approximate surface area is 165 Å². The number of thioether (sulfide) groups is 1. The Morgan fingerprint density at radius 1 is 1.44 bits per heavy atom. The molecule has 1 aliphatic rings. The highest BCUT2D eigenvalue weighted by molar-refractivity contribution is 8.26. The van der Waals surface area contributed by atoms with Crippen LogP contribution < -0.4 is 10.1 Å². The number of benzene rings is 1. The van der Waals surface area contributed by atoms with E-state index in [0.717, 1.165) is 16.7 Å². The van der Waals surface area contributed by atoms with Crippen LogP contribution in [0.15, 0.2) is 23.1 Å². The molecule has 1 saturated heterocycles. The van der Waals surface area contributed by atoms with E-state index in [1.54, 1.807) is 25.1 Å². The number of nitrogens with one attached hydrogen (secondary N) is 1. The van der Waals surface area contributed by atoms with Gasteiger partial charge in [0.05, 0.1) is 11.5 Å². The monoisotopic (exact) mass is 410 g/mol. The Bertz CT molecular complexity index is 824. The number of thiocarbonyl (C=S) groups is 1. The van der Waals surface area contributed by atoms with E-state index in [4.69, 9.17) is 22.1 Å². The predicted octanol–water partition coefficient (Wildman–Crippen LogP) is 1.58. The van der Waals surface area contributed by atoms with Gasteiger partial charge in [-0.3, -0.25) is 19.3 Å². The number of ether oxygens (including phenoxy) is 1. The molecule has 0 aromatic heterocycles. The van der Waals surface area contributed by atoms with Crippen LogP contribution in [0.1, 0.15) is 19.4 Å². The maximum atomic E-state index is 12.7. The summed E-state index contributed by atoms with van der Waals surface area (Å²) in [5, 5.41) is 20.6. The van der Waals surface area contributed by atoms with Crippen LogP contribution in [-0.2, 0) is 14.4 Å². The Kier molecular flexibility index (Phi) is 6.81. The summed E-state index contributed by atoms with van der Waals surface area (Å²) < 4.78 is 5.52. The molecule has 1 fully saturated rings. The van der Waals surface area contributed by atoms with E-state index in [1.807, 2.05) is 0 Å². The molecular weight excluding hydrogens is 392 g/mol. The van der Waals surface area contributed by atoms with E-state index >= 15 is 0 Å². The van der Waals surface area contributed by atoms with E-state index in [9.17, 15) is 19.5 Å². The second-order valence-corrected chi connectivity index (χ2v) is 7.18. The van der Waals surface area contributed by atoms with Gasteiger partial charge >= 0.3 is 5.97 Å². The molecule has 10 heteroatoms. The number of carbonyl (C=O) groups is 3. The highest BCUT2D eigenvalue weighted by atomic mass is 32.2. The highest BCUT2D eigenvalue weighted by Crippen LogP contribution is 2.35. The van der Waals surface area contributed by atoms with Crippen molar-refractivity contribution < 1.29 is 29.3 Å². The molecule has 2 amide bonds. The molecule has 0 saturated carbocycles. The Morgan fingerprint density at radius 2 is 2.15 bits per heavy atom. The summed E-state index contributed by atoms with van der Waals surface area (Å²) in [6, 6.07) is 3.72. The maximum Gasteiger partial charge on any atom is 0.322 e. The van der Waals surface area contributed by atoms with Gasteiger partial charge in [0.1, 0.15) is 16.9 Å². The van der Waals surface area contributed by atoms with Crippen molar-refractivity contribution in [2.45, 2.75) is 19.9 Å². The quantitative estimate of drug-likeness (QED) is 0.458. The molecule has 1 atom stereocenters. The van der Waals surface area contributed by atoms with Crippen LogP contribution in [0.5, 0.6) is 11.5 Å². The van der Waals surface area contributed by atoms with Gasteiger partial charge in [-0.15, -0.1) is 0 Å². The van der Waals surface area contributed by atoms with Crippen LogP contribution in [-0.4, -0.2) is 56.4 Å². The van der Waals surface area contributed by atoms with Crippen molar-refractivity contribution in [3.8, 4) is 11.5 Å². The molecule has 8 nitrogen and oxygen atoms in total. The number of phenolic OH excluding ortho intramolecular Hbond substituents is 1. The Balaban J connectivity index is 2.20. The average Bonchev–Trinajstić information content (AvgIpc) is 2.88. The van der Waals surface area contributed by atoms with Gasteiger partial charge in [0.25, 0.3) is 5.91 Å². The molecule has 0 aliphatic carbocycles. The molecular formula is C17H18N2O6S2. The number of rotatable bonds is 7. The molecule has 3 N–H and O–H groups in total. The van der Waals surface area contributed by atoms with E-state index < -0.39 is 30.4 Å². The molecule has 1 aromatic carbocycles. The number of carboxylic acid groups (broad SMARTS) is 1. The normalized spacial score (nSPS) is 16.5. The first-order valence-electron chi connectivity index (χ1n) is 7.97. The molecule has 0 radical (unpaired) electrons. The molecule has 0 bridgehead atoms. The summed E-state index contributed by atoms with van der Waals surface area (Å²) in [5.74, 6) is -1.96. The first-order chi connectivity index (χ1) is 12.7. The Morgan fingerprint density at radius 3 is 2.78 bits per heavy atom. The minimum Gasteiger partial charge on any atom is -0.504 e. The zero-order valence-electron chi connectivity index (χ0n) is 14.6. The third-order valence-electron chi connectivity index (χ3n) is 3.59. The van der Waals surface area contributed by atoms with Crippen molar-refractivity contribution in [1.82, 2.24) is 10.2 Å². The maximum absolute atomic E-state index is 12.7. The zero-order valence-corrected chi connectivity index (χ0v) is 16.2. The second kappa shape index (κ2) is 8.87. The van der Waals surface area contributed by atoms with Gasteiger partial charge in [0.15, 0.2) is 11.5 Å². The summed E-state index contributed by atoms with van der Waals surface area (Å²) in [6.07, 6.45) is 1.59. The molecule has 1 heterocycles.